The van der Waals surface area contributed by atoms with Crippen LogP contribution in [0.4, 0.5) is 5.13 Å². The summed E-state index contributed by atoms with van der Waals surface area (Å²) in [5.41, 5.74) is 1.58. The molecule has 0 saturated heterocycles. The van der Waals surface area contributed by atoms with Gasteiger partial charge >= 0.3 is 0 Å². The number of carbonyl (C=O) groups excluding carboxylic acids is 2. The number of amides is 1. The van der Waals surface area contributed by atoms with Crippen LogP contribution in [0.1, 0.15) is 38.8 Å². The molecule has 3 heterocycles. The molecular formula is C20H15N5O2S2. The fraction of sp³-hybridized carbons (Fsp3) is 0.150. The number of carbonyl (C=O) groups is 2. The Labute approximate surface area is 174 Å². The molecule has 0 saturated carbocycles. The molecular weight excluding hydrogens is 406 g/mol. The molecule has 1 aliphatic carbocycles. The smallest absolute Gasteiger partial charge is 0.295 e. The van der Waals surface area contributed by atoms with Crippen LogP contribution in [0, 0.1) is 0 Å². The van der Waals surface area contributed by atoms with Gasteiger partial charge in [0.05, 0.1) is 21.1 Å². The van der Waals surface area contributed by atoms with Gasteiger partial charge in [0.25, 0.3) is 5.91 Å². The second kappa shape index (κ2) is 7.34. The van der Waals surface area contributed by atoms with Crippen LogP contribution < -0.4 is 5.32 Å². The molecule has 0 atom stereocenters. The monoisotopic (exact) mass is 421 g/mol. The number of ketones is 1. The van der Waals surface area contributed by atoms with Crippen LogP contribution >= 0.6 is 22.7 Å². The van der Waals surface area contributed by atoms with Crippen LogP contribution in [0.15, 0.2) is 47.8 Å². The molecule has 7 nitrogen and oxygen atoms in total. The van der Waals surface area contributed by atoms with E-state index in [1.54, 1.807) is 4.68 Å². The molecule has 144 valence electrons. The fourth-order valence-corrected chi connectivity index (χ4v) is 4.87. The van der Waals surface area contributed by atoms with Gasteiger partial charge in [0.2, 0.25) is 5.82 Å². The van der Waals surface area contributed by atoms with Gasteiger partial charge in [-0.1, -0.05) is 35.6 Å². The first-order valence-electron chi connectivity index (χ1n) is 9.09. The number of rotatable bonds is 4. The van der Waals surface area contributed by atoms with E-state index in [1.807, 2.05) is 47.8 Å². The van der Waals surface area contributed by atoms with E-state index in [1.165, 1.54) is 22.7 Å². The number of benzene rings is 1. The van der Waals surface area contributed by atoms with E-state index in [2.05, 4.69) is 20.4 Å². The molecule has 3 aromatic heterocycles. The molecule has 1 N–H and O–H groups in total. The van der Waals surface area contributed by atoms with E-state index in [4.69, 9.17) is 0 Å². The van der Waals surface area contributed by atoms with Crippen molar-refractivity contribution in [2.24, 2.45) is 0 Å². The summed E-state index contributed by atoms with van der Waals surface area (Å²) in [5.74, 6) is 0.299. The quantitative estimate of drug-likeness (QED) is 0.533. The highest BCUT2D eigenvalue weighted by molar-refractivity contribution is 7.17. The Bertz CT molecular complexity index is 1200. The highest BCUT2D eigenvalue weighted by Gasteiger charge is 2.24. The number of thiophene rings is 1. The highest BCUT2D eigenvalue weighted by Crippen LogP contribution is 2.30. The van der Waals surface area contributed by atoms with Gasteiger partial charge in [-0.05, 0) is 36.4 Å². The second-order valence-corrected chi connectivity index (χ2v) is 8.46. The first kappa shape index (κ1) is 17.9. The van der Waals surface area contributed by atoms with Crippen LogP contribution in [0.2, 0.25) is 0 Å². The van der Waals surface area contributed by atoms with Gasteiger partial charge in [-0.2, -0.15) is 0 Å². The van der Waals surface area contributed by atoms with E-state index < -0.39 is 5.91 Å². The van der Waals surface area contributed by atoms with E-state index in [-0.39, 0.29) is 11.6 Å². The molecule has 1 aliphatic rings. The van der Waals surface area contributed by atoms with Crippen molar-refractivity contribution in [2.45, 2.75) is 19.3 Å². The number of para-hydroxylation sites is 1. The zero-order valence-electron chi connectivity index (χ0n) is 15.2. The van der Waals surface area contributed by atoms with Gasteiger partial charge < -0.3 is 0 Å². The lowest BCUT2D eigenvalue weighted by Gasteiger charge is -2.05. The maximum atomic E-state index is 12.8. The minimum Gasteiger partial charge on any atom is -0.295 e. The molecule has 1 aromatic carbocycles. The van der Waals surface area contributed by atoms with Gasteiger partial charge in [-0.25, -0.2) is 14.6 Å². The molecule has 0 bridgehead atoms. The summed E-state index contributed by atoms with van der Waals surface area (Å²) in [6, 6.07) is 13.4. The van der Waals surface area contributed by atoms with Crippen LogP contribution in [-0.2, 0) is 6.42 Å². The molecule has 0 fully saturated rings. The van der Waals surface area contributed by atoms with Crippen molar-refractivity contribution in [1.82, 2.24) is 19.7 Å². The topological polar surface area (TPSA) is 89.8 Å². The summed E-state index contributed by atoms with van der Waals surface area (Å²) >= 11 is 2.75. The van der Waals surface area contributed by atoms with Crippen molar-refractivity contribution < 1.29 is 9.59 Å². The third-order valence-electron chi connectivity index (χ3n) is 4.54. The lowest BCUT2D eigenvalue weighted by Crippen LogP contribution is -2.14. The number of thiazole rings is 1. The summed E-state index contributed by atoms with van der Waals surface area (Å²) in [6.07, 6.45) is 2.10. The third-order valence-corrected chi connectivity index (χ3v) is 6.46. The van der Waals surface area contributed by atoms with E-state index in [0.29, 0.717) is 22.3 Å². The third kappa shape index (κ3) is 3.39. The maximum absolute atomic E-state index is 12.8. The predicted molar refractivity (Wildman–Crippen MR) is 112 cm³/mol. The Kier molecular flexibility index (Phi) is 4.53. The zero-order valence-corrected chi connectivity index (χ0v) is 16.8. The van der Waals surface area contributed by atoms with Gasteiger partial charge in [-0.3, -0.25) is 14.9 Å². The Morgan fingerprint density at radius 3 is 2.69 bits per heavy atom. The van der Waals surface area contributed by atoms with Crippen molar-refractivity contribution in [3.8, 4) is 16.4 Å². The number of aryl methyl sites for hydroxylation is 1. The number of nitrogens with zero attached hydrogens (tertiary/aromatic N) is 4. The van der Waals surface area contributed by atoms with E-state index in [0.717, 1.165) is 29.1 Å². The van der Waals surface area contributed by atoms with Gasteiger partial charge in [0.1, 0.15) is 0 Å². The first-order valence-corrected chi connectivity index (χ1v) is 10.8. The first-order chi connectivity index (χ1) is 14.2. The number of fused-ring (bicyclic) bond motifs is 1. The standard InChI is InChI=1S/C20H15N5O2S2/c26-14-9-4-8-13-16(14)29-20(21-13)23-19(27)17-22-18(15-10-5-11-28-15)25(24-17)12-6-2-1-3-7-12/h1-3,5-7,10-11H,4,8-9H2,(H,21,23,27). The number of nitrogens with one attached hydrogen (secondary N) is 1. The van der Waals surface area contributed by atoms with Crippen LogP contribution in [0.3, 0.4) is 0 Å². The summed E-state index contributed by atoms with van der Waals surface area (Å²) in [4.78, 5) is 35.3. The average Bonchev–Trinajstić information content (AvgIpc) is 3.47. The largest absolute Gasteiger partial charge is 0.297 e. The minimum absolute atomic E-state index is 0.0525. The Morgan fingerprint density at radius 1 is 1.07 bits per heavy atom. The lowest BCUT2D eigenvalue weighted by atomic mass is 10.0. The van der Waals surface area contributed by atoms with Crippen molar-refractivity contribution in [1.29, 1.82) is 0 Å². The molecule has 9 heteroatoms. The van der Waals surface area contributed by atoms with E-state index >= 15 is 0 Å². The van der Waals surface area contributed by atoms with Gasteiger partial charge in [0, 0.05) is 6.42 Å². The Morgan fingerprint density at radius 2 is 1.93 bits per heavy atom. The van der Waals surface area contributed by atoms with E-state index in [9.17, 15) is 9.59 Å². The number of aromatic nitrogens is 4. The van der Waals surface area contributed by atoms with Crippen LogP contribution in [0.25, 0.3) is 16.4 Å². The molecule has 5 rings (SSSR count). The lowest BCUT2D eigenvalue weighted by molar-refractivity contribution is 0.0974. The number of Topliss-reactive ketones (excluding diaryl/α,β-unsaturated/α-hetero) is 1. The predicted octanol–water partition coefficient (Wildman–Crippen LogP) is 4.22. The number of anilines is 1. The SMILES string of the molecule is O=C(Nc1nc2c(s1)C(=O)CCC2)c1nc(-c2cccs2)n(-c2ccccc2)n1. The fourth-order valence-electron chi connectivity index (χ4n) is 3.20. The zero-order chi connectivity index (χ0) is 19.8. The van der Waals surface area contributed by atoms with Crippen molar-refractivity contribution >= 4 is 39.5 Å². The summed E-state index contributed by atoms with van der Waals surface area (Å²) < 4.78 is 1.66. The van der Waals surface area contributed by atoms with Crippen molar-refractivity contribution in [3.05, 3.63) is 64.2 Å². The van der Waals surface area contributed by atoms with Crippen LogP contribution in [-0.4, -0.2) is 31.4 Å². The van der Waals surface area contributed by atoms with Crippen molar-refractivity contribution in [2.75, 3.05) is 5.32 Å². The molecule has 29 heavy (non-hydrogen) atoms. The molecule has 0 spiro atoms. The summed E-state index contributed by atoms with van der Waals surface area (Å²) in [7, 11) is 0. The molecule has 0 radical (unpaired) electrons. The van der Waals surface area contributed by atoms with Gasteiger partial charge in [0.15, 0.2) is 16.7 Å². The van der Waals surface area contributed by atoms with Crippen LogP contribution in [0.5, 0.6) is 0 Å². The molecule has 4 aromatic rings. The molecule has 0 unspecified atom stereocenters. The number of hydrogen-bond donors (Lipinski definition) is 1. The second-order valence-electron chi connectivity index (χ2n) is 6.51. The Hall–Kier alpha value is -3.17. The summed E-state index contributed by atoms with van der Waals surface area (Å²) in [6.45, 7) is 0. The normalized spacial score (nSPS) is 13.3. The molecule has 0 aliphatic heterocycles. The minimum atomic E-state index is -0.448. The Balaban J connectivity index is 1.48. The summed E-state index contributed by atoms with van der Waals surface area (Å²) in [5, 5.41) is 9.56. The number of hydrogen-bond acceptors (Lipinski definition) is 7. The highest BCUT2D eigenvalue weighted by atomic mass is 32.1. The van der Waals surface area contributed by atoms with Crippen molar-refractivity contribution in [3.63, 3.8) is 0 Å². The average molecular weight is 422 g/mol. The molecule has 1 amide bonds. The maximum Gasteiger partial charge on any atom is 0.297 e. The van der Waals surface area contributed by atoms with Gasteiger partial charge in [-0.15, -0.1) is 16.4 Å².